The van der Waals surface area contributed by atoms with Crippen molar-refractivity contribution in [1.29, 1.82) is 0 Å². The van der Waals surface area contributed by atoms with Crippen LogP contribution in [0.3, 0.4) is 0 Å². The molecule has 132 valence electrons. The molecule has 2 rings (SSSR count). The van der Waals surface area contributed by atoms with Crippen LogP contribution in [0.5, 0.6) is 0 Å². The van der Waals surface area contributed by atoms with Crippen molar-refractivity contribution in [3.63, 3.8) is 0 Å². The molecule has 0 radical (unpaired) electrons. The quantitative estimate of drug-likeness (QED) is 0.721. The minimum absolute atomic E-state index is 0.0122. The number of hydrogen-bond donors (Lipinski definition) is 0. The maximum atomic E-state index is 12.9. The van der Waals surface area contributed by atoms with Crippen LogP contribution in [0.25, 0.3) is 0 Å². The number of aromatic nitrogens is 1. The van der Waals surface area contributed by atoms with Gasteiger partial charge in [-0.3, -0.25) is 9.59 Å². The minimum Gasteiger partial charge on any atom is -0.353 e. The van der Waals surface area contributed by atoms with Crippen molar-refractivity contribution in [1.82, 2.24) is 14.4 Å². The molecule has 1 fully saturated rings. The summed E-state index contributed by atoms with van der Waals surface area (Å²) < 4.78 is 2.03. The zero-order valence-electron chi connectivity index (χ0n) is 15.3. The van der Waals surface area contributed by atoms with Crippen LogP contribution in [0.2, 0.25) is 0 Å². The van der Waals surface area contributed by atoms with Gasteiger partial charge in [0.25, 0.3) is 0 Å². The highest BCUT2D eigenvalue weighted by Gasteiger charge is 2.35. The Balaban J connectivity index is 2.09. The Morgan fingerprint density at radius 1 is 1.38 bits per heavy atom. The molecule has 0 atom stereocenters. The van der Waals surface area contributed by atoms with Gasteiger partial charge in [0, 0.05) is 36.9 Å². The van der Waals surface area contributed by atoms with Gasteiger partial charge in [-0.05, 0) is 25.0 Å². The molecule has 24 heavy (non-hydrogen) atoms. The fourth-order valence-corrected chi connectivity index (χ4v) is 2.75. The first-order chi connectivity index (χ1) is 11.2. The third-order valence-corrected chi connectivity index (χ3v) is 4.30. The van der Waals surface area contributed by atoms with Crippen molar-refractivity contribution in [2.24, 2.45) is 12.5 Å². The van der Waals surface area contributed by atoms with Crippen LogP contribution >= 0.6 is 0 Å². The lowest BCUT2D eigenvalue weighted by Crippen LogP contribution is -2.47. The van der Waals surface area contributed by atoms with Gasteiger partial charge >= 0.3 is 0 Å². The lowest BCUT2D eigenvalue weighted by molar-refractivity contribution is -0.145. The SMILES string of the molecule is C=CCN(CC(=O)N(Cc1cccn1C)C1CC1)C(=O)C(C)(C)C. The van der Waals surface area contributed by atoms with E-state index in [0.29, 0.717) is 19.1 Å². The molecule has 1 heterocycles. The largest absolute Gasteiger partial charge is 0.353 e. The summed E-state index contributed by atoms with van der Waals surface area (Å²) in [7, 11) is 1.98. The molecule has 0 aromatic carbocycles. The molecule has 2 amide bonds. The molecule has 5 heteroatoms. The van der Waals surface area contributed by atoms with E-state index in [4.69, 9.17) is 0 Å². The fraction of sp³-hybridized carbons (Fsp3) is 0.579. The lowest BCUT2D eigenvalue weighted by Gasteiger charge is -2.31. The minimum atomic E-state index is -0.508. The molecule has 5 nitrogen and oxygen atoms in total. The average molecular weight is 331 g/mol. The van der Waals surface area contributed by atoms with Gasteiger partial charge in [-0.15, -0.1) is 6.58 Å². The third-order valence-electron chi connectivity index (χ3n) is 4.30. The molecule has 0 saturated heterocycles. The molecule has 1 aromatic rings. The predicted octanol–water partition coefficient (Wildman–Crippen LogP) is 2.58. The number of amides is 2. The van der Waals surface area contributed by atoms with Gasteiger partial charge in [0.15, 0.2) is 0 Å². The normalized spacial score (nSPS) is 14.3. The molecule has 0 spiro atoms. The van der Waals surface area contributed by atoms with Crippen molar-refractivity contribution < 1.29 is 9.59 Å². The Morgan fingerprint density at radius 2 is 2.04 bits per heavy atom. The molecule has 1 saturated carbocycles. The average Bonchev–Trinajstić information content (AvgIpc) is 3.25. The third kappa shape index (κ3) is 4.49. The molecule has 0 N–H and O–H groups in total. The summed E-state index contributed by atoms with van der Waals surface area (Å²) in [5, 5.41) is 0. The van der Waals surface area contributed by atoms with Crippen molar-refractivity contribution in [3.05, 3.63) is 36.7 Å². The summed E-state index contributed by atoms with van der Waals surface area (Å²) in [5.74, 6) is -0.0106. The second-order valence-electron chi connectivity index (χ2n) is 7.59. The summed E-state index contributed by atoms with van der Waals surface area (Å²) >= 11 is 0. The zero-order valence-corrected chi connectivity index (χ0v) is 15.3. The van der Waals surface area contributed by atoms with Crippen LogP contribution < -0.4 is 0 Å². The molecule has 1 aromatic heterocycles. The first kappa shape index (κ1) is 18.3. The monoisotopic (exact) mass is 331 g/mol. The van der Waals surface area contributed by atoms with Gasteiger partial charge < -0.3 is 14.4 Å². The van der Waals surface area contributed by atoms with E-state index in [0.717, 1.165) is 18.5 Å². The molecular formula is C19H29N3O2. The van der Waals surface area contributed by atoms with Crippen LogP contribution in [0.15, 0.2) is 31.0 Å². The van der Waals surface area contributed by atoms with Gasteiger partial charge in [-0.25, -0.2) is 0 Å². The highest BCUT2D eigenvalue weighted by Crippen LogP contribution is 2.29. The van der Waals surface area contributed by atoms with E-state index in [1.165, 1.54) is 0 Å². The maximum absolute atomic E-state index is 12.9. The van der Waals surface area contributed by atoms with E-state index in [1.807, 2.05) is 55.6 Å². The highest BCUT2D eigenvalue weighted by molar-refractivity contribution is 5.87. The molecule has 1 aliphatic carbocycles. The standard InChI is InChI=1S/C19H29N3O2/c1-6-11-21(18(24)19(2,3)4)14-17(23)22(15-9-10-15)13-16-8-7-12-20(16)5/h6-8,12,15H,1,9-11,13-14H2,2-5H3. The van der Waals surface area contributed by atoms with Crippen LogP contribution in [0.4, 0.5) is 0 Å². The topological polar surface area (TPSA) is 45.6 Å². The fourth-order valence-electron chi connectivity index (χ4n) is 2.75. The Hall–Kier alpha value is -2.04. The van der Waals surface area contributed by atoms with Crippen molar-refractivity contribution >= 4 is 11.8 Å². The summed E-state index contributed by atoms with van der Waals surface area (Å²) in [6.45, 7) is 10.4. The Bertz CT molecular complexity index is 608. The number of aryl methyl sites for hydroxylation is 1. The molecular weight excluding hydrogens is 302 g/mol. The maximum Gasteiger partial charge on any atom is 0.242 e. The number of hydrogen-bond acceptors (Lipinski definition) is 2. The molecule has 0 unspecified atom stereocenters. The molecule has 0 bridgehead atoms. The van der Waals surface area contributed by atoms with Gasteiger partial charge in [0.05, 0.1) is 6.54 Å². The van der Waals surface area contributed by atoms with E-state index in [1.54, 1.807) is 11.0 Å². The van der Waals surface area contributed by atoms with E-state index < -0.39 is 5.41 Å². The zero-order chi connectivity index (χ0) is 17.9. The Morgan fingerprint density at radius 3 is 2.50 bits per heavy atom. The second kappa shape index (κ2) is 7.24. The number of carbonyl (C=O) groups is 2. The molecule has 0 aliphatic heterocycles. The van der Waals surface area contributed by atoms with Crippen LogP contribution in [-0.2, 0) is 23.2 Å². The lowest BCUT2D eigenvalue weighted by atomic mass is 9.94. The van der Waals surface area contributed by atoms with E-state index in [-0.39, 0.29) is 18.4 Å². The van der Waals surface area contributed by atoms with Crippen molar-refractivity contribution in [2.45, 2.75) is 46.2 Å². The smallest absolute Gasteiger partial charge is 0.242 e. The second-order valence-corrected chi connectivity index (χ2v) is 7.59. The first-order valence-electron chi connectivity index (χ1n) is 8.54. The predicted molar refractivity (Wildman–Crippen MR) is 95.2 cm³/mol. The summed E-state index contributed by atoms with van der Waals surface area (Å²) in [5.41, 5.74) is 0.596. The van der Waals surface area contributed by atoms with Gasteiger partial charge in [-0.1, -0.05) is 26.8 Å². The van der Waals surface area contributed by atoms with Crippen LogP contribution in [0, 0.1) is 5.41 Å². The Kier molecular flexibility index (Phi) is 5.52. The van der Waals surface area contributed by atoms with Gasteiger partial charge in [0.1, 0.15) is 6.54 Å². The highest BCUT2D eigenvalue weighted by atomic mass is 16.2. The summed E-state index contributed by atoms with van der Waals surface area (Å²) in [6.07, 6.45) is 5.75. The van der Waals surface area contributed by atoms with Crippen molar-refractivity contribution in [2.75, 3.05) is 13.1 Å². The van der Waals surface area contributed by atoms with Crippen LogP contribution in [0.1, 0.15) is 39.3 Å². The van der Waals surface area contributed by atoms with Gasteiger partial charge in [-0.2, -0.15) is 0 Å². The van der Waals surface area contributed by atoms with Crippen LogP contribution in [-0.4, -0.2) is 45.3 Å². The van der Waals surface area contributed by atoms with Crippen molar-refractivity contribution in [3.8, 4) is 0 Å². The number of rotatable bonds is 7. The summed E-state index contributed by atoms with van der Waals surface area (Å²) in [6, 6.07) is 4.32. The molecule has 1 aliphatic rings. The van der Waals surface area contributed by atoms with Gasteiger partial charge in [0.2, 0.25) is 11.8 Å². The van der Waals surface area contributed by atoms with E-state index >= 15 is 0 Å². The summed E-state index contributed by atoms with van der Waals surface area (Å²) in [4.78, 5) is 29.0. The first-order valence-corrected chi connectivity index (χ1v) is 8.54. The van der Waals surface area contributed by atoms with E-state index in [9.17, 15) is 9.59 Å². The Labute approximate surface area is 144 Å². The van der Waals surface area contributed by atoms with E-state index in [2.05, 4.69) is 6.58 Å². The number of carbonyl (C=O) groups excluding carboxylic acids is 2. The number of nitrogens with zero attached hydrogens (tertiary/aromatic N) is 3.